The molecule has 14 heavy (non-hydrogen) atoms. The van der Waals surface area contributed by atoms with Crippen LogP contribution in [0.25, 0.3) is 0 Å². The minimum Gasteiger partial charge on any atom is -0.491 e. The van der Waals surface area contributed by atoms with E-state index in [0.717, 1.165) is 5.75 Å². The van der Waals surface area contributed by atoms with Crippen LogP contribution in [0.3, 0.4) is 0 Å². The van der Waals surface area contributed by atoms with Gasteiger partial charge in [0.05, 0.1) is 0 Å². The molecule has 0 amide bonds. The Morgan fingerprint density at radius 1 is 1.29 bits per heavy atom. The molecule has 1 aromatic carbocycles. The second kappa shape index (κ2) is 5.86. The molecule has 0 saturated heterocycles. The quantitative estimate of drug-likeness (QED) is 0.507. The summed E-state index contributed by atoms with van der Waals surface area (Å²) in [6, 6.07) is 9.56. The lowest BCUT2D eigenvalue weighted by atomic mass is 10.3. The molecule has 1 rings (SSSR count). The number of rotatable bonds is 6. The highest BCUT2D eigenvalue weighted by Gasteiger charge is 1.95. The van der Waals surface area contributed by atoms with Gasteiger partial charge in [-0.05, 0) is 12.1 Å². The van der Waals surface area contributed by atoms with Crippen LogP contribution in [-0.4, -0.2) is 13.2 Å². The Morgan fingerprint density at radius 3 is 2.64 bits per heavy atom. The molecular formula is C12H14O2. The van der Waals surface area contributed by atoms with Crippen molar-refractivity contribution in [3.05, 3.63) is 55.3 Å². The van der Waals surface area contributed by atoms with Gasteiger partial charge in [0.15, 0.2) is 0 Å². The molecule has 0 aliphatic rings. The molecule has 2 nitrogen and oxygen atoms in total. The average Bonchev–Trinajstić information content (AvgIpc) is 2.25. The molecule has 0 aliphatic carbocycles. The summed E-state index contributed by atoms with van der Waals surface area (Å²) in [4.78, 5) is 0. The summed E-state index contributed by atoms with van der Waals surface area (Å²) in [5.41, 5.74) is 0. The molecule has 1 aromatic rings. The van der Waals surface area contributed by atoms with Crippen molar-refractivity contribution in [1.29, 1.82) is 0 Å². The van der Waals surface area contributed by atoms with E-state index in [0.29, 0.717) is 19.0 Å². The van der Waals surface area contributed by atoms with Crippen molar-refractivity contribution in [3.8, 4) is 5.75 Å². The highest BCUT2D eigenvalue weighted by Crippen LogP contribution is 2.09. The first-order valence-electron chi connectivity index (χ1n) is 4.42. The van der Waals surface area contributed by atoms with Gasteiger partial charge in [0.2, 0.25) is 0 Å². The van der Waals surface area contributed by atoms with Crippen molar-refractivity contribution in [2.45, 2.75) is 0 Å². The Labute approximate surface area is 84.5 Å². The van der Waals surface area contributed by atoms with Gasteiger partial charge in [-0.25, -0.2) is 0 Å². The Hall–Kier alpha value is -1.70. The molecule has 2 heteroatoms. The van der Waals surface area contributed by atoms with Crippen LogP contribution in [0.2, 0.25) is 0 Å². The number of ether oxygens (including phenoxy) is 2. The summed E-state index contributed by atoms with van der Waals surface area (Å²) >= 11 is 0. The van der Waals surface area contributed by atoms with E-state index in [4.69, 9.17) is 9.47 Å². The highest BCUT2D eigenvalue weighted by molar-refractivity contribution is 5.21. The number of benzene rings is 1. The lowest BCUT2D eigenvalue weighted by Gasteiger charge is -2.08. The fraction of sp³-hybridized carbons (Fsp3) is 0.167. The predicted molar refractivity (Wildman–Crippen MR) is 57.2 cm³/mol. The minimum absolute atomic E-state index is 0.373. The van der Waals surface area contributed by atoms with E-state index in [9.17, 15) is 0 Å². The fourth-order valence-electron chi connectivity index (χ4n) is 0.899. The van der Waals surface area contributed by atoms with Crippen molar-refractivity contribution in [3.63, 3.8) is 0 Å². The maximum Gasteiger partial charge on any atom is 0.145 e. The minimum atomic E-state index is 0.373. The Bertz CT molecular complexity index is 290. The molecule has 0 bridgehead atoms. The third-order valence-electron chi connectivity index (χ3n) is 1.55. The predicted octanol–water partition coefficient (Wildman–Crippen LogP) is 2.78. The van der Waals surface area contributed by atoms with Crippen molar-refractivity contribution in [2.24, 2.45) is 0 Å². The summed E-state index contributed by atoms with van der Waals surface area (Å²) in [5, 5.41) is 0. The number of hydrogen-bond acceptors (Lipinski definition) is 2. The van der Waals surface area contributed by atoms with Gasteiger partial charge in [-0.3, -0.25) is 0 Å². The van der Waals surface area contributed by atoms with Gasteiger partial charge >= 0.3 is 0 Å². The van der Waals surface area contributed by atoms with Gasteiger partial charge < -0.3 is 9.47 Å². The van der Waals surface area contributed by atoms with Crippen LogP contribution < -0.4 is 4.74 Å². The maximum atomic E-state index is 5.41. The Kier molecular flexibility index (Phi) is 4.35. The first-order chi connectivity index (χ1) is 6.83. The Morgan fingerprint density at radius 2 is 2.00 bits per heavy atom. The second-order valence-electron chi connectivity index (χ2n) is 2.74. The molecule has 0 aromatic heterocycles. The molecule has 0 radical (unpaired) electrons. The molecule has 0 fully saturated rings. The van der Waals surface area contributed by atoms with E-state index in [-0.39, 0.29) is 0 Å². The van der Waals surface area contributed by atoms with Gasteiger partial charge in [0.1, 0.15) is 24.7 Å². The molecule has 0 spiro atoms. The topological polar surface area (TPSA) is 18.5 Å². The van der Waals surface area contributed by atoms with E-state index in [1.165, 1.54) is 0 Å². The Balaban J connectivity index is 2.27. The average molecular weight is 190 g/mol. The van der Waals surface area contributed by atoms with Gasteiger partial charge in [-0.15, -0.1) is 0 Å². The first-order valence-corrected chi connectivity index (χ1v) is 4.42. The van der Waals surface area contributed by atoms with Gasteiger partial charge in [-0.1, -0.05) is 37.4 Å². The summed E-state index contributed by atoms with van der Waals surface area (Å²) < 4.78 is 10.6. The third-order valence-corrected chi connectivity index (χ3v) is 1.55. The van der Waals surface area contributed by atoms with Gasteiger partial charge in [0, 0.05) is 0 Å². The van der Waals surface area contributed by atoms with Crippen LogP contribution in [0.1, 0.15) is 0 Å². The van der Waals surface area contributed by atoms with Crippen molar-refractivity contribution in [1.82, 2.24) is 0 Å². The maximum absolute atomic E-state index is 5.41. The van der Waals surface area contributed by atoms with E-state index < -0.39 is 0 Å². The normalized spacial score (nSPS) is 9.14. The zero-order valence-corrected chi connectivity index (χ0v) is 8.11. The van der Waals surface area contributed by atoms with Crippen molar-refractivity contribution in [2.75, 3.05) is 13.2 Å². The van der Waals surface area contributed by atoms with Crippen LogP contribution in [0.4, 0.5) is 0 Å². The van der Waals surface area contributed by atoms with Crippen LogP contribution in [0, 0.1) is 0 Å². The molecular weight excluding hydrogens is 176 g/mol. The lowest BCUT2D eigenvalue weighted by Crippen LogP contribution is -2.03. The smallest absolute Gasteiger partial charge is 0.145 e. The van der Waals surface area contributed by atoms with Crippen molar-refractivity contribution >= 4 is 0 Å². The highest BCUT2D eigenvalue weighted by atomic mass is 16.5. The van der Waals surface area contributed by atoms with E-state index in [1.807, 2.05) is 30.3 Å². The molecule has 0 saturated carbocycles. The lowest BCUT2D eigenvalue weighted by molar-refractivity contribution is 0.194. The van der Waals surface area contributed by atoms with E-state index >= 15 is 0 Å². The van der Waals surface area contributed by atoms with Crippen molar-refractivity contribution < 1.29 is 9.47 Å². The third kappa shape index (κ3) is 3.81. The summed E-state index contributed by atoms with van der Waals surface area (Å²) in [5.74, 6) is 1.42. The molecule has 0 aliphatic heterocycles. The summed E-state index contributed by atoms with van der Waals surface area (Å²) in [7, 11) is 0. The van der Waals surface area contributed by atoms with Gasteiger partial charge in [-0.2, -0.15) is 0 Å². The largest absolute Gasteiger partial charge is 0.491 e. The molecule has 0 unspecified atom stereocenters. The monoisotopic (exact) mass is 190 g/mol. The number of hydrogen-bond donors (Lipinski definition) is 0. The van der Waals surface area contributed by atoms with Gasteiger partial charge in [0.25, 0.3) is 0 Å². The standard InChI is InChI=1S/C12H14O2/c1-3-9-13-11(2)10-14-12-7-5-4-6-8-12/h3-8H,1-2,9-10H2. The van der Waals surface area contributed by atoms with E-state index in [1.54, 1.807) is 6.08 Å². The second-order valence-corrected chi connectivity index (χ2v) is 2.74. The summed E-state index contributed by atoms with van der Waals surface area (Å²) in [6.07, 6.45) is 1.67. The SMILES string of the molecule is C=CCOC(=C)COc1ccccc1. The zero-order valence-electron chi connectivity index (χ0n) is 8.11. The first kappa shape index (κ1) is 10.4. The van der Waals surface area contributed by atoms with Crippen LogP contribution in [0.5, 0.6) is 5.75 Å². The van der Waals surface area contributed by atoms with E-state index in [2.05, 4.69) is 13.2 Å². The van der Waals surface area contributed by atoms with Crippen LogP contribution in [-0.2, 0) is 4.74 Å². The zero-order chi connectivity index (χ0) is 10.2. The summed E-state index contributed by atoms with van der Waals surface area (Å²) in [6.45, 7) is 8.10. The number of para-hydroxylation sites is 1. The molecule has 0 N–H and O–H groups in total. The molecule has 0 atom stereocenters. The molecule has 0 heterocycles. The van der Waals surface area contributed by atoms with Crippen LogP contribution >= 0.6 is 0 Å². The fourth-order valence-corrected chi connectivity index (χ4v) is 0.899. The van der Waals surface area contributed by atoms with Crippen LogP contribution in [0.15, 0.2) is 55.3 Å². The molecule has 74 valence electrons.